The van der Waals surface area contributed by atoms with E-state index in [4.69, 9.17) is 28.6 Å². The van der Waals surface area contributed by atoms with Crippen molar-refractivity contribution in [3.63, 3.8) is 0 Å². The average Bonchev–Trinajstić information content (AvgIpc) is 3.14. The second-order valence-corrected chi connectivity index (χ2v) is 9.98. The minimum Gasteiger partial charge on any atom is -0.461 e. The Hall–Kier alpha value is -2.72. The van der Waals surface area contributed by atoms with E-state index in [0.717, 1.165) is 18.7 Å². The van der Waals surface area contributed by atoms with E-state index in [1.807, 2.05) is 18.2 Å². The maximum atomic E-state index is 12.8. The van der Waals surface area contributed by atoms with E-state index in [-0.39, 0.29) is 24.8 Å². The number of nitrogens with one attached hydrogen (secondary N) is 1. The second-order valence-electron chi connectivity index (χ2n) is 7.89. The van der Waals surface area contributed by atoms with Gasteiger partial charge in [-0.1, -0.05) is 67.6 Å². The number of ether oxygens (including phenoxy) is 1. The zero-order valence-corrected chi connectivity index (χ0v) is 22.5. The smallest absolute Gasteiger partial charge is 0.338 e. The second kappa shape index (κ2) is 13.5. The van der Waals surface area contributed by atoms with Crippen LogP contribution >= 0.6 is 35.6 Å². The SMILES string of the molecule is CCN(CC)CCOC(=O)c1ccc(NC(=O)CCN2C(=O)/C(=C/c3ccccc3Cl)SC2=S)cc1. The van der Waals surface area contributed by atoms with Gasteiger partial charge in [0.15, 0.2) is 0 Å². The maximum absolute atomic E-state index is 12.8. The molecule has 0 aliphatic carbocycles. The lowest BCUT2D eigenvalue weighted by molar-refractivity contribution is -0.122. The van der Waals surface area contributed by atoms with E-state index < -0.39 is 5.97 Å². The molecular formula is C26H28ClN3O4S2. The normalized spacial score (nSPS) is 14.6. The molecule has 1 aliphatic heterocycles. The van der Waals surface area contributed by atoms with Crippen molar-refractivity contribution in [3.05, 3.63) is 69.6 Å². The number of hydrogen-bond donors (Lipinski definition) is 1. The summed E-state index contributed by atoms with van der Waals surface area (Å²) in [6.45, 7) is 7.10. The summed E-state index contributed by atoms with van der Waals surface area (Å²) in [7, 11) is 0. The van der Waals surface area contributed by atoms with Crippen LogP contribution in [0.1, 0.15) is 36.2 Å². The number of likely N-dealkylation sites (N-methyl/N-ethyl adjacent to an activating group) is 1. The monoisotopic (exact) mass is 545 g/mol. The number of benzene rings is 2. The highest BCUT2D eigenvalue weighted by Crippen LogP contribution is 2.33. The fourth-order valence-corrected chi connectivity index (χ4v) is 4.93. The number of thioether (sulfide) groups is 1. The van der Waals surface area contributed by atoms with Crippen molar-refractivity contribution in [1.29, 1.82) is 0 Å². The zero-order chi connectivity index (χ0) is 26.1. The standard InChI is InChI=1S/C26H28ClN3O4S2/c1-3-29(4-2)15-16-34-25(33)18-9-11-20(12-10-18)28-23(31)13-14-30-24(32)22(36-26(30)35)17-19-7-5-6-8-21(19)27/h5-12,17H,3-4,13-16H2,1-2H3,(H,28,31)/b22-17-. The lowest BCUT2D eigenvalue weighted by Crippen LogP contribution is -2.31. The molecule has 2 aromatic rings. The molecule has 0 atom stereocenters. The number of anilines is 1. The van der Waals surface area contributed by atoms with Crippen LogP contribution in [-0.4, -0.2) is 64.7 Å². The number of carbonyl (C=O) groups excluding carboxylic acids is 3. The first-order valence-corrected chi connectivity index (χ1v) is 13.2. The minimum atomic E-state index is -0.403. The minimum absolute atomic E-state index is 0.0704. The molecule has 3 rings (SSSR count). The molecule has 36 heavy (non-hydrogen) atoms. The molecule has 0 saturated carbocycles. The highest BCUT2D eigenvalue weighted by atomic mass is 35.5. The molecule has 0 aromatic heterocycles. The van der Waals surface area contributed by atoms with Gasteiger partial charge in [0.1, 0.15) is 10.9 Å². The van der Waals surface area contributed by atoms with Gasteiger partial charge in [0.25, 0.3) is 5.91 Å². The summed E-state index contributed by atoms with van der Waals surface area (Å²) in [5.74, 6) is -0.922. The largest absolute Gasteiger partial charge is 0.461 e. The molecule has 7 nitrogen and oxygen atoms in total. The quantitative estimate of drug-likeness (QED) is 0.240. The predicted octanol–water partition coefficient (Wildman–Crippen LogP) is 5.07. The Morgan fingerprint density at radius 3 is 2.50 bits per heavy atom. The summed E-state index contributed by atoms with van der Waals surface area (Å²) in [6.07, 6.45) is 1.78. The molecule has 0 spiro atoms. The first-order valence-electron chi connectivity index (χ1n) is 11.6. The van der Waals surface area contributed by atoms with Gasteiger partial charge in [-0.3, -0.25) is 14.5 Å². The molecule has 0 bridgehead atoms. The van der Waals surface area contributed by atoms with E-state index >= 15 is 0 Å². The van der Waals surface area contributed by atoms with Crippen LogP contribution < -0.4 is 5.32 Å². The summed E-state index contributed by atoms with van der Waals surface area (Å²) in [6, 6.07) is 13.7. The molecule has 0 unspecified atom stereocenters. The van der Waals surface area contributed by atoms with Crippen molar-refractivity contribution in [2.45, 2.75) is 20.3 Å². The van der Waals surface area contributed by atoms with Crippen molar-refractivity contribution in [2.24, 2.45) is 0 Å². The van der Waals surface area contributed by atoms with Gasteiger partial charge in [0.2, 0.25) is 5.91 Å². The van der Waals surface area contributed by atoms with E-state index in [2.05, 4.69) is 24.1 Å². The van der Waals surface area contributed by atoms with Crippen LogP contribution in [0.25, 0.3) is 6.08 Å². The first kappa shape index (κ1) is 27.9. The van der Waals surface area contributed by atoms with Crippen molar-refractivity contribution in [3.8, 4) is 0 Å². The number of rotatable bonds is 11. The zero-order valence-electron chi connectivity index (χ0n) is 20.2. The highest BCUT2D eigenvalue weighted by molar-refractivity contribution is 8.26. The van der Waals surface area contributed by atoms with Gasteiger partial charge in [0.05, 0.1) is 10.5 Å². The molecule has 1 N–H and O–H groups in total. The molecule has 0 radical (unpaired) electrons. The van der Waals surface area contributed by atoms with Gasteiger partial charge in [-0.25, -0.2) is 4.79 Å². The number of thiocarbonyl (C=S) groups is 1. The number of amides is 2. The third-order valence-electron chi connectivity index (χ3n) is 5.57. The Morgan fingerprint density at radius 2 is 1.83 bits per heavy atom. The van der Waals surface area contributed by atoms with Crippen LogP contribution in [0.15, 0.2) is 53.4 Å². The molecule has 2 amide bonds. The maximum Gasteiger partial charge on any atom is 0.338 e. The molecular weight excluding hydrogens is 518 g/mol. The van der Waals surface area contributed by atoms with E-state index in [9.17, 15) is 14.4 Å². The topological polar surface area (TPSA) is 79.0 Å². The molecule has 190 valence electrons. The average molecular weight is 546 g/mol. The molecule has 2 aromatic carbocycles. The predicted molar refractivity (Wildman–Crippen MR) is 149 cm³/mol. The van der Waals surface area contributed by atoms with Gasteiger partial charge in [-0.05, 0) is 55.1 Å². The van der Waals surface area contributed by atoms with Crippen LogP contribution in [0.2, 0.25) is 5.02 Å². The van der Waals surface area contributed by atoms with E-state index in [0.29, 0.717) is 38.7 Å². The fraction of sp³-hybridized carbons (Fsp3) is 0.308. The molecule has 1 aliphatic rings. The van der Waals surface area contributed by atoms with Crippen molar-refractivity contribution in [2.75, 3.05) is 38.1 Å². The Kier molecular flexibility index (Phi) is 10.5. The van der Waals surface area contributed by atoms with Crippen molar-refractivity contribution >= 4 is 69.4 Å². The Bertz CT molecular complexity index is 1150. The number of hydrogen-bond acceptors (Lipinski definition) is 7. The Balaban J connectivity index is 1.48. The molecule has 1 heterocycles. The molecule has 1 fully saturated rings. The summed E-state index contributed by atoms with van der Waals surface area (Å²) in [4.78, 5) is 41.5. The molecule has 1 saturated heterocycles. The first-order chi connectivity index (χ1) is 17.3. The number of carbonyl (C=O) groups is 3. The van der Waals surface area contributed by atoms with Gasteiger partial charge in [0, 0.05) is 30.2 Å². The van der Waals surface area contributed by atoms with Gasteiger partial charge >= 0.3 is 5.97 Å². The highest BCUT2D eigenvalue weighted by Gasteiger charge is 2.32. The third kappa shape index (κ3) is 7.64. The van der Waals surface area contributed by atoms with Crippen LogP contribution in [0, 0.1) is 0 Å². The van der Waals surface area contributed by atoms with Crippen LogP contribution in [0.4, 0.5) is 5.69 Å². The molecule has 10 heteroatoms. The lowest BCUT2D eigenvalue weighted by atomic mass is 10.2. The van der Waals surface area contributed by atoms with Gasteiger partial charge in [-0.2, -0.15) is 0 Å². The van der Waals surface area contributed by atoms with E-state index in [1.54, 1.807) is 36.4 Å². The van der Waals surface area contributed by atoms with Crippen LogP contribution in [-0.2, 0) is 14.3 Å². The Morgan fingerprint density at radius 1 is 1.14 bits per heavy atom. The fourth-order valence-electron chi connectivity index (χ4n) is 3.44. The van der Waals surface area contributed by atoms with Gasteiger partial charge in [-0.15, -0.1) is 0 Å². The Labute approximate surface area is 225 Å². The summed E-state index contributed by atoms with van der Waals surface area (Å²) < 4.78 is 5.72. The van der Waals surface area contributed by atoms with Crippen LogP contribution in [0.5, 0.6) is 0 Å². The number of nitrogens with zero attached hydrogens (tertiary/aromatic N) is 2. The summed E-state index contributed by atoms with van der Waals surface area (Å²) in [5.41, 5.74) is 1.69. The van der Waals surface area contributed by atoms with Gasteiger partial charge < -0.3 is 15.0 Å². The number of esters is 1. The lowest BCUT2D eigenvalue weighted by Gasteiger charge is -2.17. The van der Waals surface area contributed by atoms with Crippen LogP contribution in [0.3, 0.4) is 0 Å². The summed E-state index contributed by atoms with van der Waals surface area (Å²) >= 11 is 12.7. The number of halogens is 1. The summed E-state index contributed by atoms with van der Waals surface area (Å²) in [5, 5.41) is 3.32. The van der Waals surface area contributed by atoms with Crippen molar-refractivity contribution in [1.82, 2.24) is 9.80 Å². The van der Waals surface area contributed by atoms with E-state index in [1.165, 1.54) is 16.7 Å². The third-order valence-corrected chi connectivity index (χ3v) is 7.29. The van der Waals surface area contributed by atoms with Crippen molar-refractivity contribution < 1.29 is 19.1 Å².